The molecule has 0 saturated carbocycles. The van der Waals surface area contributed by atoms with E-state index in [0.29, 0.717) is 17.7 Å². The summed E-state index contributed by atoms with van der Waals surface area (Å²) in [7, 11) is 0. The highest BCUT2D eigenvalue weighted by molar-refractivity contribution is 8.00. The number of ether oxygens (including phenoxy) is 1. The Morgan fingerprint density at radius 1 is 1.26 bits per heavy atom. The van der Waals surface area contributed by atoms with E-state index >= 15 is 0 Å². The third kappa shape index (κ3) is 4.16. The quantitative estimate of drug-likeness (QED) is 0.788. The Labute approximate surface area is 113 Å². The molecule has 0 unspecified atom stereocenters. The van der Waals surface area contributed by atoms with Crippen LogP contribution >= 0.6 is 11.8 Å². The van der Waals surface area contributed by atoms with Crippen molar-refractivity contribution in [3.8, 4) is 5.75 Å². The van der Waals surface area contributed by atoms with Gasteiger partial charge in [-0.2, -0.15) is 13.2 Å². The number of carbonyl (C=O) groups is 1. The summed E-state index contributed by atoms with van der Waals surface area (Å²) in [5.74, 6) is 0.510. The van der Waals surface area contributed by atoms with Crippen molar-refractivity contribution in [2.75, 3.05) is 12.4 Å². The number of Topliss-reactive ketones (excluding diaryl/α,β-unsaturated/α-hetero) is 1. The molecule has 0 bridgehead atoms. The van der Waals surface area contributed by atoms with Crippen LogP contribution in [0.5, 0.6) is 5.75 Å². The highest BCUT2D eigenvalue weighted by Gasteiger charge is 2.27. The van der Waals surface area contributed by atoms with E-state index in [1.54, 1.807) is 18.2 Å². The lowest BCUT2D eigenvalue weighted by molar-refractivity contribution is -0.0329. The summed E-state index contributed by atoms with van der Waals surface area (Å²) < 4.78 is 41.0. The molecule has 1 aliphatic carbocycles. The minimum Gasteiger partial charge on any atom is -0.493 e. The highest BCUT2D eigenvalue weighted by Crippen LogP contribution is 2.30. The predicted octanol–water partition coefficient (Wildman–Crippen LogP) is 3.84. The summed E-state index contributed by atoms with van der Waals surface area (Å²) in [6.07, 6.45) is 2.20. The Hall–Kier alpha value is -1.17. The predicted molar refractivity (Wildman–Crippen MR) is 67.7 cm³/mol. The van der Waals surface area contributed by atoms with Gasteiger partial charge in [0.2, 0.25) is 0 Å². The second kappa shape index (κ2) is 5.86. The van der Waals surface area contributed by atoms with Gasteiger partial charge in [-0.3, -0.25) is 4.79 Å². The largest absolute Gasteiger partial charge is 0.493 e. The van der Waals surface area contributed by atoms with Gasteiger partial charge in [0.15, 0.2) is 5.78 Å². The van der Waals surface area contributed by atoms with E-state index in [-0.39, 0.29) is 29.9 Å². The number of benzene rings is 1. The summed E-state index contributed by atoms with van der Waals surface area (Å²) in [6, 6.07) is 5.09. The molecule has 0 saturated heterocycles. The summed E-state index contributed by atoms with van der Waals surface area (Å²) in [5, 5.41) is 0. The Bertz CT molecular complexity index is 471. The maximum atomic E-state index is 11.9. The van der Waals surface area contributed by atoms with Crippen LogP contribution in [0.3, 0.4) is 0 Å². The lowest BCUT2D eigenvalue weighted by Gasteiger charge is -2.16. The van der Waals surface area contributed by atoms with Crippen molar-refractivity contribution in [1.82, 2.24) is 0 Å². The highest BCUT2D eigenvalue weighted by atomic mass is 32.2. The van der Waals surface area contributed by atoms with Crippen LogP contribution in [-0.4, -0.2) is 23.7 Å². The first kappa shape index (κ1) is 14.2. The van der Waals surface area contributed by atoms with E-state index in [1.165, 1.54) is 0 Å². The van der Waals surface area contributed by atoms with Crippen LogP contribution < -0.4 is 4.74 Å². The number of halogens is 3. The molecule has 6 heteroatoms. The Balaban J connectivity index is 1.90. The zero-order valence-electron chi connectivity index (χ0n) is 10.1. The molecule has 0 radical (unpaired) electrons. The van der Waals surface area contributed by atoms with Crippen molar-refractivity contribution in [1.29, 1.82) is 0 Å². The second-order valence-electron chi connectivity index (χ2n) is 4.24. The summed E-state index contributed by atoms with van der Waals surface area (Å²) >= 11 is -0.0971. The SMILES string of the molecule is O=C1CCCc2cc(OCCSC(F)(F)F)ccc21. The molecular weight excluding hydrogens is 277 g/mol. The molecule has 1 aromatic carbocycles. The molecule has 0 spiro atoms. The van der Waals surface area contributed by atoms with Gasteiger partial charge < -0.3 is 4.74 Å². The molecule has 2 nitrogen and oxygen atoms in total. The fraction of sp³-hybridized carbons (Fsp3) is 0.462. The molecule has 104 valence electrons. The van der Waals surface area contributed by atoms with Crippen molar-refractivity contribution >= 4 is 17.5 Å². The number of carbonyl (C=O) groups excluding carboxylic acids is 1. The minimum atomic E-state index is -4.22. The van der Waals surface area contributed by atoms with E-state index in [4.69, 9.17) is 4.74 Å². The van der Waals surface area contributed by atoms with Gasteiger partial charge in [0.05, 0.1) is 6.61 Å². The Kier molecular flexibility index (Phi) is 4.39. The molecule has 1 aliphatic rings. The summed E-state index contributed by atoms with van der Waals surface area (Å²) in [4.78, 5) is 11.6. The fourth-order valence-electron chi connectivity index (χ4n) is 2.03. The molecule has 0 heterocycles. The maximum Gasteiger partial charge on any atom is 0.441 e. The number of thioether (sulfide) groups is 1. The monoisotopic (exact) mass is 290 g/mol. The molecule has 1 aromatic rings. The minimum absolute atomic E-state index is 0.00307. The lowest BCUT2D eigenvalue weighted by atomic mass is 9.91. The average Bonchev–Trinajstić information content (AvgIpc) is 2.34. The smallest absolute Gasteiger partial charge is 0.441 e. The van der Waals surface area contributed by atoms with Gasteiger partial charge in [0.25, 0.3) is 0 Å². The van der Waals surface area contributed by atoms with Crippen molar-refractivity contribution in [2.45, 2.75) is 24.8 Å². The second-order valence-corrected chi connectivity index (χ2v) is 5.40. The molecular formula is C13H13F3O2S. The first-order valence-electron chi connectivity index (χ1n) is 5.95. The maximum absolute atomic E-state index is 11.9. The fourth-order valence-corrected chi connectivity index (χ4v) is 2.43. The van der Waals surface area contributed by atoms with E-state index < -0.39 is 5.51 Å². The van der Waals surface area contributed by atoms with E-state index in [9.17, 15) is 18.0 Å². The third-order valence-corrected chi connectivity index (χ3v) is 3.54. The van der Waals surface area contributed by atoms with Crippen molar-refractivity contribution in [2.24, 2.45) is 0 Å². The standard InChI is InChI=1S/C13H13F3O2S/c14-13(15,16)19-7-6-18-10-4-5-11-9(8-10)2-1-3-12(11)17/h4-5,8H,1-3,6-7H2. The van der Waals surface area contributed by atoms with Crippen LogP contribution in [0.2, 0.25) is 0 Å². The van der Waals surface area contributed by atoms with Crippen LogP contribution in [0.4, 0.5) is 13.2 Å². The van der Waals surface area contributed by atoms with Crippen LogP contribution in [0.1, 0.15) is 28.8 Å². The lowest BCUT2D eigenvalue weighted by Crippen LogP contribution is -2.11. The first-order valence-corrected chi connectivity index (χ1v) is 6.94. The number of aryl methyl sites for hydroxylation is 1. The summed E-state index contributed by atoms with van der Waals surface area (Å²) in [5.41, 5.74) is -2.58. The zero-order chi connectivity index (χ0) is 13.9. The van der Waals surface area contributed by atoms with Crippen LogP contribution in [0, 0.1) is 0 Å². The average molecular weight is 290 g/mol. The van der Waals surface area contributed by atoms with Gasteiger partial charge in [0, 0.05) is 17.7 Å². The van der Waals surface area contributed by atoms with Gasteiger partial charge in [-0.25, -0.2) is 0 Å². The molecule has 19 heavy (non-hydrogen) atoms. The Morgan fingerprint density at radius 3 is 2.79 bits per heavy atom. The molecule has 0 amide bonds. The molecule has 0 atom stereocenters. The van der Waals surface area contributed by atoms with Crippen LogP contribution in [-0.2, 0) is 6.42 Å². The number of alkyl halides is 3. The molecule has 0 aliphatic heterocycles. The third-order valence-electron chi connectivity index (χ3n) is 2.84. The topological polar surface area (TPSA) is 26.3 Å². The van der Waals surface area contributed by atoms with Crippen molar-refractivity contribution in [3.63, 3.8) is 0 Å². The Morgan fingerprint density at radius 2 is 2.05 bits per heavy atom. The van der Waals surface area contributed by atoms with E-state index in [1.807, 2.05) is 0 Å². The summed E-state index contributed by atoms with van der Waals surface area (Å²) in [6.45, 7) is -0.00307. The van der Waals surface area contributed by atoms with E-state index in [0.717, 1.165) is 18.4 Å². The van der Waals surface area contributed by atoms with Gasteiger partial charge in [-0.15, -0.1) is 0 Å². The van der Waals surface area contributed by atoms with Gasteiger partial charge in [-0.05, 0) is 48.4 Å². The molecule has 2 rings (SSSR count). The van der Waals surface area contributed by atoms with Crippen LogP contribution in [0.25, 0.3) is 0 Å². The number of rotatable bonds is 4. The van der Waals surface area contributed by atoms with Crippen LogP contribution in [0.15, 0.2) is 18.2 Å². The molecule has 0 aromatic heterocycles. The van der Waals surface area contributed by atoms with E-state index in [2.05, 4.69) is 0 Å². The number of ketones is 1. The molecule has 0 N–H and O–H groups in total. The van der Waals surface area contributed by atoms with Gasteiger partial charge >= 0.3 is 5.51 Å². The van der Waals surface area contributed by atoms with Gasteiger partial charge in [0.1, 0.15) is 5.75 Å². The zero-order valence-corrected chi connectivity index (χ0v) is 10.9. The van der Waals surface area contributed by atoms with Crippen molar-refractivity contribution in [3.05, 3.63) is 29.3 Å². The van der Waals surface area contributed by atoms with Gasteiger partial charge in [-0.1, -0.05) is 0 Å². The number of fused-ring (bicyclic) bond motifs is 1. The first-order chi connectivity index (χ1) is 8.96. The normalized spacial score (nSPS) is 15.2. The number of hydrogen-bond donors (Lipinski definition) is 0. The number of hydrogen-bond acceptors (Lipinski definition) is 3. The van der Waals surface area contributed by atoms with Crippen molar-refractivity contribution < 1.29 is 22.7 Å². The molecule has 0 fully saturated rings.